The third kappa shape index (κ3) is 4.66. The number of nitrogens with zero attached hydrogens (tertiary/aromatic N) is 2. The number of aromatic nitrogens is 2. The van der Waals surface area contributed by atoms with E-state index in [2.05, 4.69) is 19.4 Å². The maximum atomic E-state index is 14.9. The van der Waals surface area contributed by atoms with Crippen LogP contribution in [0.15, 0.2) is 54.9 Å². The third-order valence-electron chi connectivity index (χ3n) is 4.70. The second-order valence-electron chi connectivity index (χ2n) is 6.71. The van der Waals surface area contributed by atoms with Crippen LogP contribution in [0.3, 0.4) is 0 Å². The van der Waals surface area contributed by atoms with E-state index in [0.717, 1.165) is 20.5 Å². The molecule has 0 aliphatic carbocycles. The molecule has 4 aromatic rings. The molecule has 0 bridgehead atoms. The maximum Gasteiger partial charge on any atom is 0.321 e. The number of ether oxygens (including phenoxy) is 1. The Morgan fingerprint density at radius 1 is 1.13 bits per heavy atom. The first-order chi connectivity index (χ1) is 14.9. The Bertz CT molecular complexity index is 1340. The summed E-state index contributed by atoms with van der Waals surface area (Å²) in [5, 5.41) is 1.05. The number of fused-ring (bicyclic) bond motifs is 1. The number of benzene rings is 2. The summed E-state index contributed by atoms with van der Waals surface area (Å²) in [5.74, 6) is 0.0181. The topological polar surface area (TPSA) is 93.2 Å². The fourth-order valence-corrected chi connectivity index (χ4v) is 4.91. The highest BCUT2D eigenvalue weighted by Gasteiger charge is 2.16. The van der Waals surface area contributed by atoms with Gasteiger partial charge in [0.15, 0.2) is 5.82 Å². The molecule has 31 heavy (non-hydrogen) atoms. The molecule has 0 saturated carbocycles. The highest BCUT2D eigenvalue weighted by atomic mass is 32.2. The number of halogens is 1. The van der Waals surface area contributed by atoms with Crippen LogP contribution in [0.25, 0.3) is 10.1 Å². The van der Waals surface area contributed by atoms with E-state index in [1.165, 1.54) is 24.5 Å². The first-order valence-electron chi connectivity index (χ1n) is 9.32. The van der Waals surface area contributed by atoms with Crippen molar-refractivity contribution in [3.8, 4) is 11.8 Å². The number of hydrogen-bond acceptors (Lipinski definition) is 6. The van der Waals surface area contributed by atoms with Crippen LogP contribution in [0.1, 0.15) is 16.0 Å². The van der Waals surface area contributed by atoms with Gasteiger partial charge in [-0.25, -0.2) is 19.1 Å². The molecule has 0 spiro atoms. The SMILES string of the molecule is CNS(=O)(=O)Nc1cccc(Cc2sc3cc(Oc4ncccn4)ccc3c2C)c1F. The number of anilines is 1. The van der Waals surface area contributed by atoms with Crippen LogP contribution >= 0.6 is 11.3 Å². The molecule has 4 rings (SSSR count). The Balaban J connectivity index is 1.62. The van der Waals surface area contributed by atoms with E-state index in [0.29, 0.717) is 17.7 Å². The summed E-state index contributed by atoms with van der Waals surface area (Å²) in [5.41, 5.74) is 1.35. The summed E-state index contributed by atoms with van der Waals surface area (Å²) in [7, 11) is -2.55. The van der Waals surface area contributed by atoms with Crippen LogP contribution in [-0.2, 0) is 16.6 Å². The lowest BCUT2D eigenvalue weighted by Gasteiger charge is -2.10. The summed E-state index contributed by atoms with van der Waals surface area (Å²) in [6.07, 6.45) is 3.55. The fourth-order valence-electron chi connectivity index (χ4n) is 3.10. The average molecular weight is 459 g/mol. The second-order valence-corrected chi connectivity index (χ2v) is 9.46. The van der Waals surface area contributed by atoms with Gasteiger partial charge in [0.05, 0.1) is 5.69 Å². The van der Waals surface area contributed by atoms with Crippen molar-refractivity contribution in [2.75, 3.05) is 11.8 Å². The molecule has 0 saturated heterocycles. The monoisotopic (exact) mass is 458 g/mol. The van der Waals surface area contributed by atoms with Crippen molar-refractivity contribution < 1.29 is 17.5 Å². The second kappa shape index (κ2) is 8.58. The molecule has 0 aliphatic rings. The molecule has 0 unspecified atom stereocenters. The van der Waals surface area contributed by atoms with Gasteiger partial charge < -0.3 is 4.74 Å². The Morgan fingerprint density at radius 2 is 1.90 bits per heavy atom. The number of nitrogens with one attached hydrogen (secondary N) is 2. The zero-order valence-corrected chi connectivity index (χ0v) is 18.3. The van der Waals surface area contributed by atoms with Crippen LogP contribution in [0.2, 0.25) is 0 Å². The molecule has 0 aliphatic heterocycles. The lowest BCUT2D eigenvalue weighted by molar-refractivity contribution is 0.442. The van der Waals surface area contributed by atoms with Crippen molar-refractivity contribution in [3.63, 3.8) is 0 Å². The van der Waals surface area contributed by atoms with Gasteiger partial charge in [-0.1, -0.05) is 12.1 Å². The Labute approximate surface area is 183 Å². The lowest BCUT2D eigenvalue weighted by Crippen LogP contribution is -2.27. The van der Waals surface area contributed by atoms with E-state index in [1.807, 2.05) is 25.1 Å². The Hall–Kier alpha value is -3.08. The van der Waals surface area contributed by atoms with Gasteiger partial charge in [-0.2, -0.15) is 8.42 Å². The van der Waals surface area contributed by atoms with Crippen LogP contribution in [0, 0.1) is 12.7 Å². The third-order valence-corrected chi connectivity index (χ3v) is 6.98. The molecule has 0 fully saturated rings. The summed E-state index contributed by atoms with van der Waals surface area (Å²) >= 11 is 1.54. The van der Waals surface area contributed by atoms with Crippen molar-refractivity contribution in [3.05, 3.63) is 76.7 Å². The van der Waals surface area contributed by atoms with Crippen molar-refractivity contribution in [2.24, 2.45) is 0 Å². The van der Waals surface area contributed by atoms with Gasteiger partial charge in [0.25, 0.3) is 10.2 Å². The molecular formula is C21H19FN4O3S2. The molecule has 160 valence electrons. The minimum Gasteiger partial charge on any atom is -0.424 e. The largest absolute Gasteiger partial charge is 0.424 e. The van der Waals surface area contributed by atoms with Gasteiger partial charge >= 0.3 is 6.01 Å². The smallest absolute Gasteiger partial charge is 0.321 e. The van der Waals surface area contributed by atoms with Gasteiger partial charge in [-0.05, 0) is 53.8 Å². The fraction of sp³-hybridized carbons (Fsp3) is 0.143. The predicted molar refractivity (Wildman–Crippen MR) is 119 cm³/mol. The summed E-state index contributed by atoms with van der Waals surface area (Å²) in [6.45, 7) is 1.99. The predicted octanol–water partition coefficient (Wildman–Crippen LogP) is 4.40. The molecule has 2 N–H and O–H groups in total. The van der Waals surface area contributed by atoms with Crippen LogP contribution in [0.4, 0.5) is 10.1 Å². The normalized spacial score (nSPS) is 11.6. The first-order valence-corrected chi connectivity index (χ1v) is 11.6. The van der Waals surface area contributed by atoms with Crippen molar-refractivity contribution in [1.82, 2.24) is 14.7 Å². The Kier molecular flexibility index (Phi) is 5.86. The van der Waals surface area contributed by atoms with Gasteiger partial charge in [-0.3, -0.25) is 4.72 Å². The molecular weight excluding hydrogens is 439 g/mol. The van der Waals surface area contributed by atoms with Crippen molar-refractivity contribution in [2.45, 2.75) is 13.3 Å². The van der Waals surface area contributed by atoms with Crippen molar-refractivity contribution >= 4 is 37.3 Å². The van der Waals surface area contributed by atoms with Gasteiger partial charge in [0.2, 0.25) is 0 Å². The molecule has 2 aromatic heterocycles. The summed E-state index contributed by atoms with van der Waals surface area (Å²) in [4.78, 5) is 9.10. The Morgan fingerprint density at radius 3 is 2.65 bits per heavy atom. The van der Waals surface area contributed by atoms with E-state index >= 15 is 0 Å². The number of hydrogen-bond donors (Lipinski definition) is 2. The zero-order valence-electron chi connectivity index (χ0n) is 16.7. The highest BCUT2D eigenvalue weighted by Crippen LogP contribution is 2.36. The van der Waals surface area contributed by atoms with E-state index in [4.69, 9.17) is 4.74 Å². The maximum absolute atomic E-state index is 14.9. The molecule has 7 nitrogen and oxygen atoms in total. The molecule has 10 heteroatoms. The highest BCUT2D eigenvalue weighted by molar-refractivity contribution is 7.90. The van der Waals surface area contributed by atoms with Gasteiger partial charge in [-0.15, -0.1) is 11.3 Å². The minimum atomic E-state index is -3.81. The van der Waals surface area contributed by atoms with Crippen LogP contribution in [0.5, 0.6) is 11.8 Å². The van der Waals surface area contributed by atoms with Gasteiger partial charge in [0.1, 0.15) is 5.75 Å². The summed E-state index contributed by atoms with van der Waals surface area (Å²) in [6, 6.07) is 12.3. The lowest BCUT2D eigenvalue weighted by atomic mass is 10.1. The molecule has 0 radical (unpaired) electrons. The van der Waals surface area contributed by atoms with E-state index < -0.39 is 16.0 Å². The van der Waals surface area contributed by atoms with Crippen LogP contribution < -0.4 is 14.2 Å². The molecule has 0 atom stereocenters. The number of rotatable bonds is 7. The standard InChI is InChI=1S/C21H19FN4O3S2/c1-13-16-8-7-15(29-21-24-9-4-10-25-21)12-19(16)30-18(13)11-14-5-3-6-17(20(14)22)26-31(27,28)23-2/h3-10,12,23,26H,11H2,1-2H3. The van der Waals surface area contributed by atoms with Crippen molar-refractivity contribution in [1.29, 1.82) is 0 Å². The molecule has 0 amide bonds. The van der Waals surface area contributed by atoms with E-state index in [1.54, 1.807) is 30.6 Å². The number of thiophene rings is 1. The average Bonchev–Trinajstić information content (AvgIpc) is 3.06. The molecule has 2 aromatic carbocycles. The zero-order chi connectivity index (χ0) is 22.0. The quantitative estimate of drug-likeness (QED) is 0.428. The van der Waals surface area contributed by atoms with E-state index in [-0.39, 0.29) is 11.7 Å². The van der Waals surface area contributed by atoms with E-state index in [9.17, 15) is 12.8 Å². The molecule has 2 heterocycles. The van der Waals surface area contributed by atoms with Crippen LogP contribution in [-0.4, -0.2) is 25.4 Å². The summed E-state index contributed by atoms with van der Waals surface area (Å²) < 4.78 is 49.4. The van der Waals surface area contributed by atoms with Gasteiger partial charge in [0, 0.05) is 35.4 Å². The number of aryl methyl sites for hydroxylation is 1. The first kappa shape index (κ1) is 21.2. The minimum absolute atomic E-state index is 0.0934.